The number of nitrogens with zero attached hydrogens (tertiary/aromatic N) is 5. The van der Waals surface area contributed by atoms with E-state index in [-0.39, 0.29) is 24.3 Å². The Morgan fingerprint density at radius 1 is 1.27 bits per heavy atom. The molecule has 8 heteroatoms. The Morgan fingerprint density at radius 2 is 1.95 bits per heavy atom. The van der Waals surface area contributed by atoms with Crippen LogP contribution in [0.5, 0.6) is 0 Å². The SMILES string of the molecule is CC(=O)N1CCN(C(=O)c2ccn(C)n2)C[C@H]1C(=O)N(C)C. The highest BCUT2D eigenvalue weighted by Crippen LogP contribution is 2.14. The summed E-state index contributed by atoms with van der Waals surface area (Å²) in [5.74, 6) is -0.570. The summed E-state index contributed by atoms with van der Waals surface area (Å²) in [7, 11) is 5.02. The molecule has 3 amide bonds. The molecule has 1 saturated heterocycles. The molecule has 0 aromatic carbocycles. The Kier molecular flexibility index (Phi) is 4.48. The Morgan fingerprint density at radius 3 is 2.45 bits per heavy atom. The van der Waals surface area contributed by atoms with Crippen LogP contribution < -0.4 is 0 Å². The normalized spacial score (nSPS) is 18.3. The van der Waals surface area contributed by atoms with Gasteiger partial charge in [0, 0.05) is 47.4 Å². The van der Waals surface area contributed by atoms with Gasteiger partial charge in [-0.15, -0.1) is 0 Å². The molecular weight excluding hydrogens is 286 g/mol. The first-order valence-electron chi connectivity index (χ1n) is 7.08. The number of carbonyl (C=O) groups is 3. The molecule has 0 bridgehead atoms. The van der Waals surface area contributed by atoms with E-state index < -0.39 is 6.04 Å². The van der Waals surface area contributed by atoms with Crippen LogP contribution in [-0.4, -0.2) is 82.0 Å². The van der Waals surface area contributed by atoms with Crippen molar-refractivity contribution in [1.82, 2.24) is 24.5 Å². The minimum absolute atomic E-state index is 0.162. The maximum atomic E-state index is 12.4. The molecule has 1 aromatic rings. The maximum Gasteiger partial charge on any atom is 0.274 e. The highest BCUT2D eigenvalue weighted by Gasteiger charge is 2.37. The van der Waals surface area contributed by atoms with Gasteiger partial charge in [0.25, 0.3) is 5.91 Å². The standard InChI is InChI=1S/C14H21N5O3/c1-10(20)19-8-7-18(9-12(19)14(22)16(2)3)13(21)11-5-6-17(4)15-11/h5-6,12H,7-9H2,1-4H3/t12-/m0/s1. The van der Waals surface area contributed by atoms with Gasteiger partial charge in [-0.1, -0.05) is 0 Å². The topological polar surface area (TPSA) is 78.8 Å². The van der Waals surface area contributed by atoms with Gasteiger partial charge in [-0.05, 0) is 6.07 Å². The summed E-state index contributed by atoms with van der Waals surface area (Å²) in [6.45, 7) is 2.36. The van der Waals surface area contributed by atoms with Crippen LogP contribution in [0.3, 0.4) is 0 Å². The summed E-state index contributed by atoms with van der Waals surface area (Å²) in [6.07, 6.45) is 1.70. The van der Waals surface area contributed by atoms with Crippen molar-refractivity contribution < 1.29 is 14.4 Å². The fourth-order valence-electron chi connectivity index (χ4n) is 2.54. The summed E-state index contributed by atoms with van der Waals surface area (Å²) >= 11 is 0. The first kappa shape index (κ1) is 16.0. The summed E-state index contributed by atoms with van der Waals surface area (Å²) in [5.41, 5.74) is 0.342. The van der Waals surface area contributed by atoms with Gasteiger partial charge in [0.05, 0.1) is 6.54 Å². The minimum Gasteiger partial charge on any atom is -0.347 e. The van der Waals surface area contributed by atoms with Gasteiger partial charge < -0.3 is 14.7 Å². The molecule has 0 unspecified atom stereocenters. The third-order valence-corrected chi connectivity index (χ3v) is 3.73. The number of rotatable bonds is 2. The second kappa shape index (κ2) is 6.17. The molecule has 0 N–H and O–H groups in total. The molecule has 0 aliphatic carbocycles. The second-order valence-corrected chi connectivity index (χ2v) is 5.59. The van der Waals surface area contributed by atoms with Crippen molar-refractivity contribution in [2.24, 2.45) is 7.05 Å². The minimum atomic E-state index is -0.645. The van der Waals surface area contributed by atoms with E-state index in [0.717, 1.165) is 0 Å². The molecule has 1 aliphatic rings. The molecule has 1 aliphatic heterocycles. The predicted molar refractivity (Wildman–Crippen MR) is 79.0 cm³/mol. The van der Waals surface area contributed by atoms with Crippen molar-refractivity contribution in [3.05, 3.63) is 18.0 Å². The van der Waals surface area contributed by atoms with Crippen molar-refractivity contribution in [3.8, 4) is 0 Å². The maximum absolute atomic E-state index is 12.4. The van der Waals surface area contributed by atoms with Crippen LogP contribution in [-0.2, 0) is 16.6 Å². The van der Waals surface area contributed by atoms with Crippen LogP contribution in [0.1, 0.15) is 17.4 Å². The van der Waals surface area contributed by atoms with Gasteiger partial charge in [0.15, 0.2) is 0 Å². The lowest BCUT2D eigenvalue weighted by atomic mass is 10.1. The molecule has 0 radical (unpaired) electrons. The van der Waals surface area contributed by atoms with E-state index in [2.05, 4.69) is 5.10 Å². The first-order chi connectivity index (χ1) is 10.3. The largest absolute Gasteiger partial charge is 0.347 e. The number of likely N-dealkylation sites (N-methyl/N-ethyl adjacent to an activating group) is 1. The predicted octanol–water partition coefficient (Wildman–Crippen LogP) is -0.819. The van der Waals surface area contributed by atoms with Crippen molar-refractivity contribution in [1.29, 1.82) is 0 Å². The lowest BCUT2D eigenvalue weighted by Gasteiger charge is -2.40. The number of hydrogen-bond acceptors (Lipinski definition) is 4. The lowest BCUT2D eigenvalue weighted by Crippen LogP contribution is -2.61. The van der Waals surface area contributed by atoms with Gasteiger partial charge in [0.2, 0.25) is 11.8 Å². The van der Waals surface area contributed by atoms with Crippen LogP contribution in [0, 0.1) is 0 Å². The number of piperazine rings is 1. The van der Waals surface area contributed by atoms with E-state index in [4.69, 9.17) is 0 Å². The zero-order valence-corrected chi connectivity index (χ0v) is 13.3. The van der Waals surface area contributed by atoms with Crippen LogP contribution in [0.25, 0.3) is 0 Å². The monoisotopic (exact) mass is 307 g/mol. The molecule has 0 saturated carbocycles. The molecular formula is C14H21N5O3. The molecule has 1 fully saturated rings. The molecule has 22 heavy (non-hydrogen) atoms. The third kappa shape index (κ3) is 3.10. The van der Waals surface area contributed by atoms with Gasteiger partial charge in [0.1, 0.15) is 11.7 Å². The molecule has 1 aromatic heterocycles. The van der Waals surface area contributed by atoms with E-state index in [1.807, 2.05) is 0 Å². The zero-order chi connectivity index (χ0) is 16.4. The number of amides is 3. The van der Waals surface area contributed by atoms with Gasteiger partial charge in [-0.2, -0.15) is 5.10 Å². The van der Waals surface area contributed by atoms with E-state index in [0.29, 0.717) is 18.8 Å². The Hall–Kier alpha value is -2.38. The molecule has 2 rings (SSSR count). The van der Waals surface area contributed by atoms with Crippen LogP contribution in [0.4, 0.5) is 0 Å². The molecule has 1 atom stereocenters. The second-order valence-electron chi connectivity index (χ2n) is 5.59. The highest BCUT2D eigenvalue weighted by molar-refractivity contribution is 5.94. The zero-order valence-electron chi connectivity index (χ0n) is 13.3. The summed E-state index contributed by atoms with van der Waals surface area (Å²) in [5, 5.41) is 4.09. The molecule has 2 heterocycles. The average Bonchev–Trinajstić information content (AvgIpc) is 2.91. The Labute approximate surface area is 129 Å². The van der Waals surface area contributed by atoms with Crippen molar-refractivity contribution >= 4 is 17.7 Å². The van der Waals surface area contributed by atoms with Crippen LogP contribution >= 0.6 is 0 Å². The van der Waals surface area contributed by atoms with Gasteiger partial charge in [-0.3, -0.25) is 19.1 Å². The molecule has 0 spiro atoms. The summed E-state index contributed by atoms with van der Waals surface area (Å²) in [4.78, 5) is 41.0. The lowest BCUT2D eigenvalue weighted by molar-refractivity contribution is -0.146. The fourth-order valence-corrected chi connectivity index (χ4v) is 2.54. The van der Waals surface area contributed by atoms with E-state index in [1.54, 1.807) is 43.0 Å². The van der Waals surface area contributed by atoms with E-state index in [1.165, 1.54) is 16.7 Å². The number of hydrogen-bond donors (Lipinski definition) is 0. The Balaban J connectivity index is 2.18. The number of aryl methyl sites for hydroxylation is 1. The smallest absolute Gasteiger partial charge is 0.274 e. The summed E-state index contributed by atoms with van der Waals surface area (Å²) < 4.78 is 1.56. The van der Waals surface area contributed by atoms with Crippen LogP contribution in [0.15, 0.2) is 12.3 Å². The third-order valence-electron chi connectivity index (χ3n) is 3.73. The number of aromatic nitrogens is 2. The summed E-state index contributed by atoms with van der Waals surface area (Å²) in [6, 6.07) is 0.997. The molecule has 120 valence electrons. The quantitative estimate of drug-likeness (QED) is 0.715. The Bertz CT molecular complexity index is 595. The first-order valence-corrected chi connectivity index (χ1v) is 7.08. The number of carbonyl (C=O) groups excluding carboxylic acids is 3. The van der Waals surface area contributed by atoms with Crippen LogP contribution in [0.2, 0.25) is 0 Å². The average molecular weight is 307 g/mol. The van der Waals surface area contributed by atoms with Crippen molar-refractivity contribution in [2.75, 3.05) is 33.7 Å². The van der Waals surface area contributed by atoms with Crippen molar-refractivity contribution in [3.63, 3.8) is 0 Å². The van der Waals surface area contributed by atoms with E-state index >= 15 is 0 Å². The molecule has 8 nitrogen and oxygen atoms in total. The fraction of sp³-hybridized carbons (Fsp3) is 0.571. The van der Waals surface area contributed by atoms with Gasteiger partial charge in [-0.25, -0.2) is 0 Å². The van der Waals surface area contributed by atoms with Gasteiger partial charge >= 0.3 is 0 Å². The van der Waals surface area contributed by atoms with Crippen molar-refractivity contribution in [2.45, 2.75) is 13.0 Å². The highest BCUT2D eigenvalue weighted by atomic mass is 16.2. The van der Waals surface area contributed by atoms with E-state index in [9.17, 15) is 14.4 Å².